The van der Waals surface area contributed by atoms with Gasteiger partial charge in [-0.1, -0.05) is 12.1 Å². The number of hydrogen-bond acceptors (Lipinski definition) is 8. The molecule has 0 fully saturated rings. The second-order valence-corrected chi connectivity index (χ2v) is 11.0. The lowest BCUT2D eigenvalue weighted by Gasteiger charge is -2.12. The van der Waals surface area contributed by atoms with Gasteiger partial charge in [-0.15, -0.1) is 11.3 Å². The highest BCUT2D eigenvalue weighted by Gasteiger charge is 2.18. The molecule has 2 N–H and O–H groups in total. The summed E-state index contributed by atoms with van der Waals surface area (Å²) in [6.45, 7) is 2.88. The maximum atomic E-state index is 14.6. The van der Waals surface area contributed by atoms with Crippen LogP contribution in [-0.4, -0.2) is 53.0 Å². The number of halogens is 3. The quantitative estimate of drug-likeness (QED) is 0.179. The summed E-state index contributed by atoms with van der Waals surface area (Å²) in [4.78, 5) is 28.9. The molecule has 0 atom stereocenters. The lowest BCUT2D eigenvalue weighted by atomic mass is 10.1. The maximum Gasteiger partial charge on any atom is 0.258 e. The van der Waals surface area contributed by atoms with Crippen LogP contribution in [0.5, 0.6) is 5.75 Å². The normalized spacial score (nSPS) is 11.0. The van der Waals surface area contributed by atoms with E-state index >= 15 is 0 Å². The predicted molar refractivity (Wildman–Crippen MR) is 161 cm³/mol. The molecule has 0 aliphatic carbocycles. The van der Waals surface area contributed by atoms with E-state index < -0.39 is 28.9 Å². The lowest BCUT2D eigenvalue weighted by Crippen LogP contribution is -2.19. The number of aryl methyl sites for hydroxylation is 1. The first-order chi connectivity index (χ1) is 20.7. The molecule has 0 saturated carbocycles. The van der Waals surface area contributed by atoms with Crippen molar-refractivity contribution in [2.75, 3.05) is 37.9 Å². The van der Waals surface area contributed by atoms with Crippen LogP contribution in [-0.2, 0) is 0 Å². The Balaban J connectivity index is 1.36. The number of ether oxygens (including phenoxy) is 1. The topological polar surface area (TPSA) is 92.3 Å². The van der Waals surface area contributed by atoms with Gasteiger partial charge in [-0.2, -0.15) is 0 Å². The first kappa shape index (κ1) is 29.7. The molecule has 0 aliphatic heterocycles. The molecule has 5 rings (SSSR count). The molecule has 1 amide bonds. The number of anilines is 3. The highest BCUT2D eigenvalue weighted by molar-refractivity contribution is 7.15. The summed E-state index contributed by atoms with van der Waals surface area (Å²) in [6.07, 6.45) is 1.59. The van der Waals surface area contributed by atoms with Crippen molar-refractivity contribution in [1.82, 2.24) is 19.9 Å². The van der Waals surface area contributed by atoms with Crippen molar-refractivity contribution in [2.45, 2.75) is 6.92 Å². The molecular weight excluding hydrogens is 577 g/mol. The number of carbonyl (C=O) groups excluding carboxylic acids is 1. The Labute approximate surface area is 250 Å². The molecule has 0 bridgehead atoms. The van der Waals surface area contributed by atoms with E-state index in [0.29, 0.717) is 41.5 Å². The summed E-state index contributed by atoms with van der Waals surface area (Å²) < 4.78 is 47.8. The minimum atomic E-state index is -0.826. The number of likely N-dealkylation sites (N-methyl/N-ethyl adjacent to an activating group) is 1. The zero-order valence-electron chi connectivity index (χ0n) is 23.5. The van der Waals surface area contributed by atoms with Crippen molar-refractivity contribution in [3.63, 3.8) is 0 Å². The molecule has 5 aromatic rings. The van der Waals surface area contributed by atoms with Crippen LogP contribution < -0.4 is 15.4 Å². The number of hydrogen-bond donors (Lipinski definition) is 2. The van der Waals surface area contributed by atoms with Crippen molar-refractivity contribution >= 4 is 34.6 Å². The van der Waals surface area contributed by atoms with Crippen molar-refractivity contribution in [3.05, 3.63) is 101 Å². The molecule has 3 aromatic carbocycles. The van der Waals surface area contributed by atoms with Crippen LogP contribution in [0.3, 0.4) is 0 Å². The molecule has 0 unspecified atom stereocenters. The summed E-state index contributed by atoms with van der Waals surface area (Å²) in [6, 6.07) is 15.9. The number of amides is 1. The first-order valence-corrected chi connectivity index (χ1v) is 14.0. The summed E-state index contributed by atoms with van der Waals surface area (Å²) in [5.41, 5.74) is 2.31. The van der Waals surface area contributed by atoms with Crippen molar-refractivity contribution < 1.29 is 22.7 Å². The van der Waals surface area contributed by atoms with Gasteiger partial charge in [0.05, 0.1) is 26.8 Å². The molecule has 2 heterocycles. The van der Waals surface area contributed by atoms with Gasteiger partial charge in [0.1, 0.15) is 18.2 Å². The first-order valence-electron chi connectivity index (χ1n) is 13.2. The Morgan fingerprint density at radius 2 is 1.79 bits per heavy atom. The molecule has 0 aliphatic rings. The highest BCUT2D eigenvalue weighted by Crippen LogP contribution is 2.37. The average molecular weight is 605 g/mol. The Bertz CT molecular complexity index is 1780. The van der Waals surface area contributed by atoms with E-state index in [9.17, 15) is 18.0 Å². The fourth-order valence-electron chi connectivity index (χ4n) is 4.12. The van der Waals surface area contributed by atoms with E-state index in [2.05, 4.69) is 25.6 Å². The van der Waals surface area contributed by atoms with Gasteiger partial charge in [0.25, 0.3) is 5.91 Å². The number of rotatable bonds is 10. The van der Waals surface area contributed by atoms with Crippen LogP contribution in [0, 0.1) is 24.4 Å². The predicted octanol–water partition coefficient (Wildman–Crippen LogP) is 6.93. The molecule has 2 aromatic heterocycles. The molecule has 8 nitrogen and oxygen atoms in total. The van der Waals surface area contributed by atoms with Crippen LogP contribution in [0.1, 0.15) is 15.4 Å². The van der Waals surface area contributed by atoms with E-state index in [-0.39, 0.29) is 11.7 Å². The summed E-state index contributed by atoms with van der Waals surface area (Å²) in [7, 11) is 3.82. The number of benzene rings is 3. The Kier molecular flexibility index (Phi) is 8.98. The molecule has 0 saturated heterocycles. The van der Waals surface area contributed by atoms with Crippen LogP contribution in [0.4, 0.5) is 30.5 Å². The Morgan fingerprint density at radius 1 is 0.953 bits per heavy atom. The van der Waals surface area contributed by atoms with Crippen molar-refractivity contribution in [3.8, 4) is 27.6 Å². The third kappa shape index (κ3) is 7.34. The zero-order valence-corrected chi connectivity index (χ0v) is 24.3. The van der Waals surface area contributed by atoms with Gasteiger partial charge >= 0.3 is 0 Å². The molecule has 12 heteroatoms. The Hall–Kier alpha value is -4.81. The minimum Gasteiger partial charge on any atom is -0.489 e. The molecular formula is C31H27F3N6O2S. The molecule has 220 valence electrons. The number of aromatic nitrogens is 3. The summed E-state index contributed by atoms with van der Waals surface area (Å²) >= 11 is 1.42. The number of nitrogens with zero attached hydrogens (tertiary/aromatic N) is 4. The van der Waals surface area contributed by atoms with Gasteiger partial charge in [-0.25, -0.2) is 28.1 Å². The van der Waals surface area contributed by atoms with Crippen LogP contribution in [0.15, 0.2) is 72.9 Å². The van der Waals surface area contributed by atoms with Gasteiger partial charge in [0.2, 0.25) is 5.95 Å². The SMILES string of the molecule is Cc1nc(-c2cccc(NC(=O)c3cc(F)ccc3F)c2)c(-c2ccnc(Nc3ccc(OCCN(C)C)c(F)c3)n2)s1. The van der Waals surface area contributed by atoms with Gasteiger partial charge in [-0.3, -0.25) is 4.79 Å². The smallest absolute Gasteiger partial charge is 0.258 e. The third-order valence-electron chi connectivity index (χ3n) is 6.17. The van der Waals surface area contributed by atoms with Gasteiger partial charge in [0.15, 0.2) is 11.6 Å². The van der Waals surface area contributed by atoms with Crippen LogP contribution >= 0.6 is 11.3 Å². The maximum absolute atomic E-state index is 14.6. The monoisotopic (exact) mass is 604 g/mol. The largest absolute Gasteiger partial charge is 0.489 e. The standard InChI is InChI=1S/C31H27F3N6O2S/c1-18-36-28(19-5-4-6-21(15-19)37-30(41)23-16-20(32)7-9-24(23)33)29(43-18)26-11-12-35-31(39-26)38-22-8-10-27(25(34)17-22)42-14-13-40(2)3/h4-12,15-17H,13-14H2,1-3H3,(H,37,41)(H,35,38,39). The zero-order chi connectivity index (χ0) is 30.5. The number of nitrogens with one attached hydrogen (secondary N) is 2. The van der Waals surface area contributed by atoms with E-state index in [1.165, 1.54) is 17.4 Å². The number of carbonyl (C=O) groups is 1. The second-order valence-electron chi connectivity index (χ2n) is 9.76. The summed E-state index contributed by atoms with van der Waals surface area (Å²) in [5, 5.41) is 6.43. The molecule has 43 heavy (non-hydrogen) atoms. The van der Waals surface area contributed by atoms with Gasteiger partial charge in [0, 0.05) is 35.7 Å². The van der Waals surface area contributed by atoms with Crippen LogP contribution in [0.2, 0.25) is 0 Å². The molecule has 0 radical (unpaired) electrons. The Morgan fingerprint density at radius 3 is 2.58 bits per heavy atom. The van der Waals surface area contributed by atoms with E-state index in [1.807, 2.05) is 32.0 Å². The number of thiazole rings is 1. The fourth-order valence-corrected chi connectivity index (χ4v) is 5.03. The molecule has 0 spiro atoms. The van der Waals surface area contributed by atoms with Crippen molar-refractivity contribution in [1.29, 1.82) is 0 Å². The van der Waals surface area contributed by atoms with E-state index in [4.69, 9.17) is 4.74 Å². The summed E-state index contributed by atoms with van der Waals surface area (Å²) in [5.74, 6) is -2.41. The second kappa shape index (κ2) is 13.0. The van der Waals surface area contributed by atoms with E-state index in [0.717, 1.165) is 28.1 Å². The average Bonchev–Trinajstić information content (AvgIpc) is 3.37. The van der Waals surface area contributed by atoms with Crippen LogP contribution in [0.25, 0.3) is 21.8 Å². The van der Waals surface area contributed by atoms with E-state index in [1.54, 1.807) is 42.6 Å². The highest BCUT2D eigenvalue weighted by atomic mass is 32.1. The van der Waals surface area contributed by atoms with Crippen molar-refractivity contribution in [2.24, 2.45) is 0 Å². The minimum absolute atomic E-state index is 0.159. The van der Waals surface area contributed by atoms with Gasteiger partial charge < -0.3 is 20.3 Å². The fraction of sp³-hybridized carbons (Fsp3) is 0.161. The third-order valence-corrected chi connectivity index (χ3v) is 7.17. The van der Waals surface area contributed by atoms with Gasteiger partial charge in [-0.05, 0) is 69.6 Å². The lowest BCUT2D eigenvalue weighted by molar-refractivity contribution is 0.102.